The van der Waals surface area contributed by atoms with E-state index in [0.29, 0.717) is 12.4 Å². The summed E-state index contributed by atoms with van der Waals surface area (Å²) >= 11 is 3.63. The lowest BCUT2D eigenvalue weighted by atomic mass is 10.2. The normalized spacial score (nSPS) is 15.4. The molecule has 0 spiro atoms. The molecule has 132 valence electrons. The molecule has 1 aliphatic rings. The molecule has 1 fully saturated rings. The second-order valence-corrected chi connectivity index (χ2v) is 8.44. The minimum absolute atomic E-state index is 0.506. The second kappa shape index (κ2) is 7.35. The molecule has 1 aromatic carbocycles. The van der Waals surface area contributed by atoms with Gasteiger partial charge in [-0.3, -0.25) is 0 Å². The molecule has 3 heterocycles. The van der Waals surface area contributed by atoms with Crippen LogP contribution in [0.15, 0.2) is 18.2 Å². The zero-order valence-electron chi connectivity index (χ0n) is 14.3. The number of nitrogens with two attached hydrogens (primary N) is 1. The number of nitrogens with zero attached hydrogens (tertiary/aromatic N) is 3. The van der Waals surface area contributed by atoms with Gasteiger partial charge in [0.1, 0.15) is 17.9 Å². The van der Waals surface area contributed by atoms with Gasteiger partial charge in [0.25, 0.3) is 0 Å². The van der Waals surface area contributed by atoms with Crippen molar-refractivity contribution < 1.29 is 4.74 Å². The first-order valence-corrected chi connectivity index (χ1v) is 10.5. The van der Waals surface area contributed by atoms with E-state index in [1.165, 1.54) is 12.2 Å². The molecule has 7 heteroatoms. The first-order valence-electron chi connectivity index (χ1n) is 8.74. The molecule has 4 rings (SSSR count). The maximum atomic E-state index is 6.15. The van der Waals surface area contributed by atoms with E-state index in [4.69, 9.17) is 10.5 Å². The van der Waals surface area contributed by atoms with Crippen LogP contribution in [-0.4, -0.2) is 39.7 Å². The number of aryl methyl sites for hydroxylation is 1. The Labute approximate surface area is 155 Å². The fourth-order valence-electron chi connectivity index (χ4n) is 3.05. The average molecular weight is 375 g/mol. The van der Waals surface area contributed by atoms with Crippen LogP contribution in [0.1, 0.15) is 24.8 Å². The zero-order valence-corrected chi connectivity index (χ0v) is 16.0. The topological polar surface area (TPSA) is 64.3 Å². The molecular formula is C18H22N4OS2. The number of nitrogen functional groups attached to an aromatic ring is 1. The van der Waals surface area contributed by atoms with Gasteiger partial charge in [-0.15, -0.1) is 11.3 Å². The summed E-state index contributed by atoms with van der Waals surface area (Å²) in [7, 11) is 0. The first-order chi connectivity index (χ1) is 12.2. The highest BCUT2D eigenvalue weighted by atomic mass is 32.2. The Morgan fingerprint density at radius 3 is 3.04 bits per heavy atom. The van der Waals surface area contributed by atoms with Gasteiger partial charge in [-0.1, -0.05) is 18.9 Å². The standard InChI is InChI=1S/C18H22N4OS2/c1-2-4-15-21-16-17(25-15)13-6-5-12(11-14(13)20-18(16)19)23-9-8-22-7-3-10-24-22/h5-6,11H,2-4,7-10H2,1H3,(H2,19,20). The molecule has 0 amide bonds. The molecule has 1 saturated heterocycles. The summed E-state index contributed by atoms with van der Waals surface area (Å²) in [6.07, 6.45) is 3.34. The number of aromatic nitrogens is 2. The lowest BCUT2D eigenvalue weighted by molar-refractivity contribution is 0.286. The van der Waals surface area contributed by atoms with Gasteiger partial charge in [-0.25, -0.2) is 14.3 Å². The van der Waals surface area contributed by atoms with E-state index >= 15 is 0 Å². The van der Waals surface area contributed by atoms with E-state index in [-0.39, 0.29) is 0 Å². The molecular weight excluding hydrogens is 352 g/mol. The number of hydrogen-bond acceptors (Lipinski definition) is 7. The summed E-state index contributed by atoms with van der Waals surface area (Å²) in [4.78, 5) is 9.21. The smallest absolute Gasteiger partial charge is 0.151 e. The van der Waals surface area contributed by atoms with Gasteiger partial charge >= 0.3 is 0 Å². The Bertz CT molecular complexity index is 890. The molecule has 0 atom stereocenters. The molecule has 2 aromatic heterocycles. The van der Waals surface area contributed by atoms with E-state index in [1.54, 1.807) is 11.3 Å². The number of hydrogen-bond donors (Lipinski definition) is 1. The van der Waals surface area contributed by atoms with Gasteiger partial charge < -0.3 is 10.5 Å². The summed E-state index contributed by atoms with van der Waals surface area (Å²) < 4.78 is 9.42. The molecule has 0 radical (unpaired) electrons. The molecule has 0 aliphatic carbocycles. The van der Waals surface area contributed by atoms with E-state index in [9.17, 15) is 0 Å². The van der Waals surface area contributed by atoms with Crippen molar-refractivity contribution in [3.8, 4) is 5.75 Å². The summed E-state index contributed by atoms with van der Waals surface area (Å²) in [5, 5.41) is 2.23. The van der Waals surface area contributed by atoms with Crippen molar-refractivity contribution in [3.05, 3.63) is 23.2 Å². The molecule has 0 saturated carbocycles. The van der Waals surface area contributed by atoms with E-state index in [0.717, 1.165) is 57.8 Å². The maximum Gasteiger partial charge on any atom is 0.151 e. The van der Waals surface area contributed by atoms with Crippen molar-refractivity contribution in [2.75, 3.05) is 31.2 Å². The lowest BCUT2D eigenvalue weighted by Gasteiger charge is -2.14. The first kappa shape index (κ1) is 16.9. The lowest BCUT2D eigenvalue weighted by Crippen LogP contribution is -2.19. The number of thiazole rings is 1. The van der Waals surface area contributed by atoms with Crippen LogP contribution >= 0.6 is 23.3 Å². The Morgan fingerprint density at radius 1 is 1.32 bits per heavy atom. The number of ether oxygens (including phenoxy) is 1. The highest BCUT2D eigenvalue weighted by Gasteiger charge is 2.14. The number of fused-ring (bicyclic) bond motifs is 3. The molecule has 5 nitrogen and oxygen atoms in total. The Morgan fingerprint density at radius 2 is 2.24 bits per heavy atom. The summed E-state index contributed by atoms with van der Waals surface area (Å²) in [6, 6.07) is 6.09. The highest BCUT2D eigenvalue weighted by molar-refractivity contribution is 7.97. The van der Waals surface area contributed by atoms with Crippen LogP contribution in [0, 0.1) is 0 Å². The van der Waals surface area contributed by atoms with Gasteiger partial charge in [-0.05, 0) is 31.4 Å². The highest BCUT2D eigenvalue weighted by Crippen LogP contribution is 2.34. The summed E-state index contributed by atoms with van der Waals surface area (Å²) in [5.74, 6) is 2.58. The number of pyridine rings is 1. The third kappa shape index (κ3) is 3.54. The van der Waals surface area contributed by atoms with Crippen LogP contribution in [0.25, 0.3) is 21.1 Å². The predicted molar refractivity (Wildman–Crippen MR) is 107 cm³/mol. The van der Waals surface area contributed by atoms with Crippen LogP contribution in [0.2, 0.25) is 0 Å². The van der Waals surface area contributed by atoms with Crippen molar-refractivity contribution >= 4 is 50.2 Å². The quantitative estimate of drug-likeness (QED) is 0.655. The van der Waals surface area contributed by atoms with Gasteiger partial charge in [0, 0.05) is 30.3 Å². The van der Waals surface area contributed by atoms with Gasteiger partial charge in [0.05, 0.1) is 15.2 Å². The number of benzene rings is 1. The Hall–Kier alpha value is -1.57. The number of anilines is 1. The van der Waals surface area contributed by atoms with Crippen LogP contribution in [0.5, 0.6) is 5.75 Å². The fraction of sp³-hybridized carbons (Fsp3) is 0.444. The SMILES string of the molecule is CCCc1nc2c(N)nc3cc(OCCN4CCCS4)ccc3c2s1. The second-order valence-electron chi connectivity index (χ2n) is 6.18. The summed E-state index contributed by atoms with van der Waals surface area (Å²) in [6.45, 7) is 4.97. The van der Waals surface area contributed by atoms with Crippen LogP contribution in [-0.2, 0) is 6.42 Å². The van der Waals surface area contributed by atoms with Crippen LogP contribution in [0.4, 0.5) is 5.82 Å². The van der Waals surface area contributed by atoms with Crippen molar-refractivity contribution in [1.29, 1.82) is 0 Å². The zero-order chi connectivity index (χ0) is 17.2. The van der Waals surface area contributed by atoms with E-state index in [2.05, 4.69) is 27.3 Å². The van der Waals surface area contributed by atoms with E-state index in [1.807, 2.05) is 24.1 Å². The van der Waals surface area contributed by atoms with Gasteiger partial charge in [-0.2, -0.15) is 0 Å². The van der Waals surface area contributed by atoms with Gasteiger partial charge in [0.15, 0.2) is 5.82 Å². The molecule has 2 N–H and O–H groups in total. The van der Waals surface area contributed by atoms with E-state index < -0.39 is 0 Å². The van der Waals surface area contributed by atoms with Crippen molar-refractivity contribution in [3.63, 3.8) is 0 Å². The van der Waals surface area contributed by atoms with Crippen molar-refractivity contribution in [2.24, 2.45) is 0 Å². The van der Waals surface area contributed by atoms with Gasteiger partial charge in [0.2, 0.25) is 0 Å². The fourth-order valence-corrected chi connectivity index (χ4v) is 5.24. The number of rotatable bonds is 6. The third-order valence-electron chi connectivity index (χ3n) is 4.27. The maximum absolute atomic E-state index is 6.15. The Balaban J connectivity index is 1.58. The van der Waals surface area contributed by atoms with Crippen molar-refractivity contribution in [1.82, 2.24) is 14.3 Å². The third-order valence-corrected chi connectivity index (χ3v) is 6.62. The van der Waals surface area contributed by atoms with Crippen LogP contribution < -0.4 is 10.5 Å². The monoisotopic (exact) mass is 374 g/mol. The molecule has 25 heavy (non-hydrogen) atoms. The van der Waals surface area contributed by atoms with Crippen LogP contribution in [0.3, 0.4) is 0 Å². The predicted octanol–water partition coefficient (Wildman–Crippen LogP) is 4.11. The summed E-state index contributed by atoms with van der Waals surface area (Å²) in [5.41, 5.74) is 7.86. The molecule has 1 aliphatic heterocycles. The molecule has 0 bridgehead atoms. The molecule has 3 aromatic rings. The average Bonchev–Trinajstić information content (AvgIpc) is 3.25. The Kier molecular flexibility index (Phi) is 4.96. The minimum atomic E-state index is 0.506. The van der Waals surface area contributed by atoms with Crippen molar-refractivity contribution in [2.45, 2.75) is 26.2 Å². The molecule has 0 unspecified atom stereocenters. The minimum Gasteiger partial charge on any atom is -0.492 e. The largest absolute Gasteiger partial charge is 0.492 e.